The van der Waals surface area contributed by atoms with E-state index in [0.29, 0.717) is 0 Å². The highest BCUT2D eigenvalue weighted by atomic mass is 16.4. The number of aliphatic carboxylic acids is 1. The third-order valence-electron chi connectivity index (χ3n) is 8.47. The molecule has 0 bridgehead atoms. The average molecular weight is 579 g/mol. The smallest absolute Gasteiger partial charge is 0.308 e. The van der Waals surface area contributed by atoms with Crippen LogP contribution >= 0.6 is 0 Å². The first-order valence-corrected chi connectivity index (χ1v) is 15.1. The molecule has 4 unspecified atom stereocenters. The van der Waals surface area contributed by atoms with Gasteiger partial charge in [0.05, 0.1) is 40.3 Å². The molecule has 2 fully saturated rings. The van der Waals surface area contributed by atoms with Crippen LogP contribution in [0.1, 0.15) is 51.4 Å². The first-order chi connectivity index (χ1) is 21.0. The van der Waals surface area contributed by atoms with Crippen molar-refractivity contribution in [1.82, 2.24) is 15.3 Å². The molecule has 43 heavy (non-hydrogen) atoms. The summed E-state index contributed by atoms with van der Waals surface area (Å²) in [5, 5.41) is 29.8. The van der Waals surface area contributed by atoms with Gasteiger partial charge in [0.25, 0.3) is 0 Å². The number of para-hydroxylation sites is 2. The highest BCUT2D eigenvalue weighted by molar-refractivity contribution is 5.91. The van der Waals surface area contributed by atoms with Gasteiger partial charge in [0.2, 0.25) is 5.91 Å². The molecular formula is C34H38N6O3. The Morgan fingerprint density at radius 3 is 1.77 bits per heavy atom. The van der Waals surface area contributed by atoms with Crippen LogP contribution in [-0.2, 0) is 9.59 Å². The lowest BCUT2D eigenvalue weighted by Gasteiger charge is -2.32. The van der Waals surface area contributed by atoms with E-state index in [0.717, 1.165) is 84.5 Å². The van der Waals surface area contributed by atoms with E-state index in [2.05, 4.69) is 25.9 Å². The Kier molecular flexibility index (Phi) is 10.0. The van der Waals surface area contributed by atoms with Crippen LogP contribution in [0.4, 0.5) is 11.4 Å². The number of aromatic nitrogens is 2. The van der Waals surface area contributed by atoms with Crippen molar-refractivity contribution in [3.63, 3.8) is 0 Å². The second kappa shape index (κ2) is 14.5. The Morgan fingerprint density at radius 2 is 1.23 bits per heavy atom. The van der Waals surface area contributed by atoms with Crippen LogP contribution in [0.2, 0.25) is 0 Å². The molecule has 2 aliphatic rings. The largest absolute Gasteiger partial charge is 0.481 e. The SMILES string of the molecule is N#CCNC(=O)C1CCCCC1Nc1cccc2cccnc12.O=C(O)C1CCCCC1Nc1cccc2cccnc12. The van der Waals surface area contributed by atoms with Gasteiger partial charge in [0.1, 0.15) is 6.54 Å². The van der Waals surface area contributed by atoms with E-state index >= 15 is 0 Å². The molecule has 0 spiro atoms. The quantitative estimate of drug-likeness (QED) is 0.192. The zero-order chi connectivity index (χ0) is 30.0. The topological polar surface area (TPSA) is 140 Å². The van der Waals surface area contributed by atoms with Crippen LogP contribution in [0.25, 0.3) is 21.8 Å². The predicted octanol–water partition coefficient (Wildman–Crippen LogP) is 6.14. The fourth-order valence-corrected chi connectivity index (χ4v) is 6.32. The molecule has 0 saturated heterocycles. The number of hydrogen-bond acceptors (Lipinski definition) is 7. The number of hydrogen-bond donors (Lipinski definition) is 4. The van der Waals surface area contributed by atoms with E-state index in [1.165, 1.54) is 0 Å². The number of fused-ring (bicyclic) bond motifs is 2. The number of carbonyl (C=O) groups excluding carboxylic acids is 1. The molecule has 9 heteroatoms. The van der Waals surface area contributed by atoms with Gasteiger partial charge in [-0.15, -0.1) is 0 Å². The number of rotatable bonds is 7. The lowest BCUT2D eigenvalue weighted by atomic mass is 9.83. The van der Waals surface area contributed by atoms with Gasteiger partial charge in [0, 0.05) is 35.2 Å². The van der Waals surface area contributed by atoms with E-state index in [1.54, 1.807) is 12.4 Å². The van der Waals surface area contributed by atoms with Crippen molar-refractivity contribution >= 4 is 45.1 Å². The second-order valence-electron chi connectivity index (χ2n) is 11.3. The van der Waals surface area contributed by atoms with Crippen molar-refractivity contribution in [3.8, 4) is 6.07 Å². The number of carboxylic acids is 1. The number of benzene rings is 2. The molecule has 2 aliphatic carbocycles. The van der Waals surface area contributed by atoms with E-state index in [-0.39, 0.29) is 36.4 Å². The van der Waals surface area contributed by atoms with Gasteiger partial charge in [0.15, 0.2) is 0 Å². The highest BCUT2D eigenvalue weighted by Crippen LogP contribution is 2.31. The number of nitrogens with one attached hydrogen (secondary N) is 3. The van der Waals surface area contributed by atoms with Gasteiger partial charge in [-0.05, 0) is 49.9 Å². The maximum Gasteiger partial charge on any atom is 0.308 e. The fraction of sp³-hybridized carbons (Fsp3) is 0.382. The molecule has 0 radical (unpaired) electrons. The summed E-state index contributed by atoms with van der Waals surface area (Å²) < 4.78 is 0. The number of carbonyl (C=O) groups is 2. The Morgan fingerprint density at radius 1 is 0.744 bits per heavy atom. The molecule has 2 heterocycles. The van der Waals surface area contributed by atoms with Crippen LogP contribution in [0.5, 0.6) is 0 Å². The molecular weight excluding hydrogens is 540 g/mol. The Bertz CT molecular complexity index is 1590. The highest BCUT2D eigenvalue weighted by Gasteiger charge is 2.32. The molecule has 9 nitrogen and oxygen atoms in total. The Labute approximate surface area is 251 Å². The van der Waals surface area contributed by atoms with Gasteiger partial charge in [-0.25, -0.2) is 0 Å². The second-order valence-corrected chi connectivity index (χ2v) is 11.3. The lowest BCUT2D eigenvalue weighted by molar-refractivity contribution is -0.143. The minimum Gasteiger partial charge on any atom is -0.481 e. The minimum atomic E-state index is -0.699. The van der Waals surface area contributed by atoms with Gasteiger partial charge >= 0.3 is 5.97 Å². The molecule has 222 valence electrons. The molecule has 0 aliphatic heterocycles. The Hall–Kier alpha value is -4.71. The lowest BCUT2D eigenvalue weighted by Crippen LogP contribution is -2.43. The van der Waals surface area contributed by atoms with Gasteiger partial charge in [-0.3, -0.25) is 19.6 Å². The summed E-state index contributed by atoms with van der Waals surface area (Å²) in [6, 6.07) is 21.9. The minimum absolute atomic E-state index is 0.00569. The zero-order valence-electron chi connectivity index (χ0n) is 24.2. The number of pyridine rings is 2. The summed E-state index contributed by atoms with van der Waals surface area (Å²) in [6.07, 6.45) is 11.3. The van der Waals surface area contributed by atoms with Crippen molar-refractivity contribution in [2.45, 2.75) is 63.5 Å². The molecule has 4 N–H and O–H groups in total. The average Bonchev–Trinajstić information content (AvgIpc) is 3.05. The summed E-state index contributed by atoms with van der Waals surface area (Å²) in [7, 11) is 0. The number of nitriles is 1. The molecule has 1 amide bonds. The molecule has 6 rings (SSSR count). The van der Waals surface area contributed by atoms with E-state index < -0.39 is 5.97 Å². The molecule has 2 saturated carbocycles. The number of carboxylic acid groups (broad SMARTS) is 1. The van der Waals surface area contributed by atoms with Crippen molar-refractivity contribution in [3.05, 3.63) is 73.1 Å². The summed E-state index contributed by atoms with van der Waals surface area (Å²) in [5.74, 6) is -1.13. The standard InChI is InChI=1S/C18H20N4O.C16H18N2O2/c19-10-12-21-18(23)14-7-1-2-8-15(14)22-16-9-3-5-13-6-4-11-20-17(13)16;19-16(20)12-7-1-2-8-13(12)18-14-9-3-5-11-6-4-10-17-15(11)14/h3-6,9,11,14-15,22H,1-2,7-8,12H2,(H,21,23);3-6,9-10,12-13,18H,1-2,7-8H2,(H,19,20). The van der Waals surface area contributed by atoms with Crippen molar-refractivity contribution in [2.24, 2.45) is 11.8 Å². The van der Waals surface area contributed by atoms with Crippen LogP contribution in [0, 0.1) is 23.2 Å². The normalized spacial score (nSPS) is 21.6. The molecule has 2 aromatic heterocycles. The number of anilines is 2. The van der Waals surface area contributed by atoms with E-state index in [4.69, 9.17) is 5.26 Å². The summed E-state index contributed by atoms with van der Waals surface area (Å²) in [6.45, 7) is 0.0673. The van der Waals surface area contributed by atoms with Crippen molar-refractivity contribution in [2.75, 3.05) is 17.2 Å². The van der Waals surface area contributed by atoms with Crippen molar-refractivity contribution in [1.29, 1.82) is 5.26 Å². The van der Waals surface area contributed by atoms with Crippen LogP contribution < -0.4 is 16.0 Å². The van der Waals surface area contributed by atoms with Gasteiger partial charge < -0.3 is 21.1 Å². The Balaban J connectivity index is 0.000000173. The summed E-state index contributed by atoms with van der Waals surface area (Å²) >= 11 is 0. The predicted molar refractivity (Wildman–Crippen MR) is 168 cm³/mol. The van der Waals surface area contributed by atoms with Crippen LogP contribution in [-0.4, -0.2) is 45.6 Å². The van der Waals surface area contributed by atoms with Gasteiger partial charge in [-0.2, -0.15) is 5.26 Å². The maximum absolute atomic E-state index is 12.3. The molecule has 4 aromatic rings. The van der Waals surface area contributed by atoms with Crippen molar-refractivity contribution < 1.29 is 14.7 Å². The molecule has 4 atom stereocenters. The fourth-order valence-electron chi connectivity index (χ4n) is 6.32. The summed E-state index contributed by atoms with van der Waals surface area (Å²) in [4.78, 5) is 32.5. The van der Waals surface area contributed by atoms with Crippen LogP contribution in [0.3, 0.4) is 0 Å². The van der Waals surface area contributed by atoms with Gasteiger partial charge in [-0.1, -0.05) is 62.1 Å². The maximum atomic E-state index is 12.3. The molecule has 2 aromatic carbocycles. The first-order valence-electron chi connectivity index (χ1n) is 15.1. The monoisotopic (exact) mass is 578 g/mol. The first kappa shape index (κ1) is 29.8. The third kappa shape index (κ3) is 7.39. The third-order valence-corrected chi connectivity index (χ3v) is 8.47. The van der Waals surface area contributed by atoms with E-state index in [1.807, 2.05) is 66.7 Å². The van der Waals surface area contributed by atoms with Crippen LogP contribution in [0.15, 0.2) is 73.1 Å². The number of amides is 1. The zero-order valence-corrected chi connectivity index (χ0v) is 24.2. The summed E-state index contributed by atoms with van der Waals surface area (Å²) in [5.41, 5.74) is 3.73. The number of nitrogens with zero attached hydrogens (tertiary/aromatic N) is 3. The van der Waals surface area contributed by atoms with E-state index in [9.17, 15) is 14.7 Å².